The van der Waals surface area contributed by atoms with Gasteiger partial charge in [0.2, 0.25) is 0 Å². The zero-order valence-corrected chi connectivity index (χ0v) is 17.8. The van der Waals surface area contributed by atoms with Crippen LogP contribution in [0.2, 0.25) is 0 Å². The van der Waals surface area contributed by atoms with Gasteiger partial charge in [0, 0.05) is 10.2 Å². The number of thioether (sulfide) groups is 1. The number of aliphatic imine (C=N–C) groups is 1. The quantitative estimate of drug-likeness (QED) is 0.478. The number of hydrogen-bond acceptors (Lipinski definition) is 3. The first-order valence-corrected chi connectivity index (χ1v) is 10.4. The second kappa shape index (κ2) is 9.45. The Morgan fingerprint density at radius 1 is 0.815 bits per heavy atom. The standard InChI is InChI=1S/C22H19BrN2S.ClH/c23-19-13-11-16(12-14-19)15-26-22-24-20(17-7-3-1-4-8-17)21(25-22)18-9-5-2-6-10-18;/h1-14,20-21H,15H2,(H,24,25);1H. The summed E-state index contributed by atoms with van der Waals surface area (Å²) in [6.45, 7) is 0. The average molecular weight is 460 g/mol. The van der Waals surface area contributed by atoms with Crippen molar-refractivity contribution in [2.24, 2.45) is 4.99 Å². The fourth-order valence-corrected chi connectivity index (χ4v) is 4.26. The molecule has 4 rings (SSSR count). The third kappa shape index (κ3) is 4.95. The molecular weight excluding hydrogens is 440 g/mol. The summed E-state index contributed by atoms with van der Waals surface area (Å²) in [7, 11) is 0. The molecule has 2 nitrogen and oxygen atoms in total. The van der Waals surface area contributed by atoms with Crippen molar-refractivity contribution in [1.29, 1.82) is 0 Å². The van der Waals surface area contributed by atoms with Crippen molar-refractivity contribution in [1.82, 2.24) is 5.32 Å². The Kier molecular flexibility index (Phi) is 7.00. The summed E-state index contributed by atoms with van der Waals surface area (Å²) in [4.78, 5) is 5.01. The third-order valence-electron chi connectivity index (χ3n) is 4.44. The van der Waals surface area contributed by atoms with E-state index in [1.165, 1.54) is 16.7 Å². The van der Waals surface area contributed by atoms with Gasteiger partial charge in [-0.3, -0.25) is 4.99 Å². The second-order valence-corrected chi connectivity index (χ2v) is 8.12. The van der Waals surface area contributed by atoms with Crippen molar-refractivity contribution in [3.63, 3.8) is 0 Å². The molecule has 27 heavy (non-hydrogen) atoms. The summed E-state index contributed by atoms with van der Waals surface area (Å²) in [6, 6.07) is 29.9. The van der Waals surface area contributed by atoms with Crippen LogP contribution in [0.25, 0.3) is 0 Å². The molecule has 0 saturated heterocycles. The van der Waals surface area contributed by atoms with Crippen LogP contribution in [0.1, 0.15) is 28.8 Å². The van der Waals surface area contributed by atoms with Crippen LogP contribution >= 0.6 is 40.1 Å². The molecule has 0 aromatic heterocycles. The predicted octanol–water partition coefficient (Wildman–Crippen LogP) is 6.55. The van der Waals surface area contributed by atoms with E-state index in [2.05, 4.69) is 106 Å². The van der Waals surface area contributed by atoms with Crippen LogP contribution in [0.3, 0.4) is 0 Å². The lowest BCUT2D eigenvalue weighted by Crippen LogP contribution is -2.22. The monoisotopic (exact) mass is 458 g/mol. The molecule has 0 spiro atoms. The van der Waals surface area contributed by atoms with Crippen LogP contribution in [0.15, 0.2) is 94.4 Å². The van der Waals surface area contributed by atoms with Crippen LogP contribution in [-0.2, 0) is 5.75 Å². The largest absolute Gasteiger partial charge is 0.356 e. The molecule has 0 amide bonds. The van der Waals surface area contributed by atoms with Gasteiger partial charge in [-0.05, 0) is 28.8 Å². The van der Waals surface area contributed by atoms with Crippen molar-refractivity contribution < 1.29 is 0 Å². The van der Waals surface area contributed by atoms with E-state index in [9.17, 15) is 0 Å². The van der Waals surface area contributed by atoms with E-state index >= 15 is 0 Å². The molecule has 1 heterocycles. The average Bonchev–Trinajstić information content (AvgIpc) is 3.13. The Morgan fingerprint density at radius 2 is 1.41 bits per heavy atom. The summed E-state index contributed by atoms with van der Waals surface area (Å²) < 4.78 is 1.11. The highest BCUT2D eigenvalue weighted by molar-refractivity contribution is 9.10. The van der Waals surface area contributed by atoms with Crippen LogP contribution in [-0.4, -0.2) is 5.17 Å². The number of amidine groups is 1. The highest BCUT2D eigenvalue weighted by Gasteiger charge is 2.31. The van der Waals surface area contributed by atoms with Crippen LogP contribution in [0, 0.1) is 0 Å². The molecule has 0 fully saturated rings. The molecule has 3 aromatic rings. The Bertz CT molecular complexity index is 885. The molecule has 1 aliphatic rings. The Labute approximate surface area is 179 Å². The van der Waals surface area contributed by atoms with E-state index in [1.807, 2.05) is 0 Å². The summed E-state index contributed by atoms with van der Waals surface area (Å²) in [6.07, 6.45) is 0. The zero-order chi connectivity index (χ0) is 17.8. The van der Waals surface area contributed by atoms with Crippen LogP contribution in [0.5, 0.6) is 0 Å². The predicted molar refractivity (Wildman–Crippen MR) is 122 cm³/mol. The minimum atomic E-state index is 0. The Hall–Kier alpha value is -1.75. The second-order valence-electron chi connectivity index (χ2n) is 6.24. The van der Waals surface area contributed by atoms with E-state index in [4.69, 9.17) is 4.99 Å². The van der Waals surface area contributed by atoms with Gasteiger partial charge in [0.15, 0.2) is 5.17 Å². The number of nitrogens with zero attached hydrogens (tertiary/aromatic N) is 1. The highest BCUT2D eigenvalue weighted by atomic mass is 79.9. The zero-order valence-electron chi connectivity index (χ0n) is 14.6. The fourth-order valence-electron chi connectivity index (χ4n) is 3.10. The lowest BCUT2D eigenvalue weighted by Gasteiger charge is -2.19. The molecule has 2 unspecified atom stereocenters. The van der Waals surface area contributed by atoms with E-state index in [-0.39, 0.29) is 24.5 Å². The first kappa shape index (κ1) is 20.0. The first-order chi connectivity index (χ1) is 12.8. The van der Waals surface area contributed by atoms with Crippen molar-refractivity contribution in [2.75, 3.05) is 0 Å². The lowest BCUT2D eigenvalue weighted by atomic mass is 9.95. The minimum absolute atomic E-state index is 0. The number of nitrogens with one attached hydrogen (secondary N) is 1. The maximum atomic E-state index is 5.01. The maximum Gasteiger partial charge on any atom is 0.158 e. The van der Waals surface area contributed by atoms with Crippen molar-refractivity contribution in [3.8, 4) is 0 Å². The minimum Gasteiger partial charge on any atom is -0.356 e. The molecule has 3 aromatic carbocycles. The smallest absolute Gasteiger partial charge is 0.158 e. The van der Waals surface area contributed by atoms with Gasteiger partial charge in [-0.25, -0.2) is 0 Å². The Balaban J connectivity index is 0.00000210. The summed E-state index contributed by atoms with van der Waals surface area (Å²) >= 11 is 5.25. The molecule has 1 N–H and O–H groups in total. The van der Waals surface area contributed by atoms with Gasteiger partial charge < -0.3 is 5.32 Å². The molecule has 0 bridgehead atoms. The molecule has 5 heteroatoms. The van der Waals surface area contributed by atoms with Crippen LogP contribution < -0.4 is 5.32 Å². The van der Waals surface area contributed by atoms with E-state index in [0.717, 1.165) is 15.4 Å². The number of halogens is 2. The maximum absolute atomic E-state index is 5.01. The lowest BCUT2D eigenvalue weighted by molar-refractivity contribution is 0.573. The van der Waals surface area contributed by atoms with Crippen molar-refractivity contribution >= 4 is 45.3 Å². The van der Waals surface area contributed by atoms with Gasteiger partial charge in [0.05, 0.1) is 6.04 Å². The topological polar surface area (TPSA) is 24.4 Å². The molecule has 1 aliphatic heterocycles. The van der Waals surface area contributed by atoms with Crippen molar-refractivity contribution in [3.05, 3.63) is 106 Å². The number of hydrogen-bond donors (Lipinski definition) is 1. The van der Waals surface area contributed by atoms with Gasteiger partial charge in [-0.1, -0.05) is 100 Å². The van der Waals surface area contributed by atoms with E-state index in [0.29, 0.717) is 0 Å². The van der Waals surface area contributed by atoms with Crippen molar-refractivity contribution in [2.45, 2.75) is 17.8 Å². The molecule has 138 valence electrons. The van der Waals surface area contributed by atoms with Gasteiger partial charge in [0.1, 0.15) is 6.04 Å². The van der Waals surface area contributed by atoms with E-state index in [1.54, 1.807) is 11.8 Å². The van der Waals surface area contributed by atoms with E-state index < -0.39 is 0 Å². The molecule has 0 saturated carbocycles. The third-order valence-corrected chi connectivity index (χ3v) is 5.94. The molecule has 2 atom stereocenters. The molecule has 0 radical (unpaired) electrons. The summed E-state index contributed by atoms with van der Waals surface area (Å²) in [5.74, 6) is 0.905. The number of rotatable bonds is 4. The van der Waals surface area contributed by atoms with Gasteiger partial charge in [-0.15, -0.1) is 12.4 Å². The van der Waals surface area contributed by atoms with Gasteiger partial charge in [0.25, 0.3) is 0 Å². The SMILES string of the molecule is Brc1ccc(CSC2=NC(c3ccccc3)C(c3ccccc3)N2)cc1.Cl. The Morgan fingerprint density at radius 3 is 2.04 bits per heavy atom. The fraction of sp³-hybridized carbons (Fsp3) is 0.136. The molecular formula is C22H20BrClN2S. The summed E-state index contributed by atoms with van der Waals surface area (Å²) in [5, 5.41) is 4.65. The highest BCUT2D eigenvalue weighted by Crippen LogP contribution is 2.38. The normalized spacial score (nSPS) is 18.3. The van der Waals surface area contributed by atoms with Gasteiger partial charge in [-0.2, -0.15) is 0 Å². The molecule has 0 aliphatic carbocycles. The summed E-state index contributed by atoms with van der Waals surface area (Å²) in [5.41, 5.74) is 3.81. The number of benzene rings is 3. The van der Waals surface area contributed by atoms with Gasteiger partial charge >= 0.3 is 0 Å². The van der Waals surface area contributed by atoms with Crippen LogP contribution in [0.4, 0.5) is 0 Å². The first-order valence-electron chi connectivity index (χ1n) is 8.61.